The molecule has 0 amide bonds. The highest BCUT2D eigenvalue weighted by atomic mass is 32.2. The number of nitrogens with zero attached hydrogens (tertiary/aromatic N) is 2. The molecule has 2 aromatic rings. The fourth-order valence-electron chi connectivity index (χ4n) is 4.14. The quantitative estimate of drug-likeness (QED) is 0.252. The highest BCUT2D eigenvalue weighted by Gasteiger charge is 2.54. The van der Waals surface area contributed by atoms with Crippen LogP contribution in [0.2, 0.25) is 0 Å². The molecule has 2 aliphatic heterocycles. The van der Waals surface area contributed by atoms with Crippen LogP contribution >= 0.6 is 11.8 Å². The van der Waals surface area contributed by atoms with Gasteiger partial charge in [0.25, 0.3) is 10.7 Å². The third kappa shape index (κ3) is 3.88. The van der Waals surface area contributed by atoms with Crippen molar-refractivity contribution in [3.05, 3.63) is 57.8 Å². The smallest absolute Gasteiger partial charge is 0.295 e. The van der Waals surface area contributed by atoms with Crippen LogP contribution in [0.4, 0.5) is 11.4 Å². The number of rotatable bonds is 9. The average Bonchev–Trinajstić information content (AvgIpc) is 3.10. The summed E-state index contributed by atoms with van der Waals surface area (Å²) in [6.45, 7) is 5.39. The van der Waals surface area contributed by atoms with E-state index >= 15 is 0 Å². The van der Waals surface area contributed by atoms with E-state index in [2.05, 4.69) is 24.0 Å². The van der Waals surface area contributed by atoms with Crippen molar-refractivity contribution in [2.45, 2.75) is 49.5 Å². The Kier molecular flexibility index (Phi) is 6.50. The third-order valence-corrected chi connectivity index (χ3v) is 6.98. The summed E-state index contributed by atoms with van der Waals surface area (Å²) in [6, 6.07) is 11.1. The zero-order valence-electron chi connectivity index (χ0n) is 18.6. The number of anilines is 1. The van der Waals surface area contributed by atoms with Crippen LogP contribution in [0.5, 0.6) is 11.5 Å². The number of benzene rings is 2. The van der Waals surface area contributed by atoms with Crippen LogP contribution in [0.1, 0.15) is 45.1 Å². The maximum Gasteiger partial charge on any atom is 0.295 e. The van der Waals surface area contributed by atoms with Gasteiger partial charge < -0.3 is 19.1 Å². The first-order valence-electron chi connectivity index (χ1n) is 11.0. The largest absolute Gasteiger partial charge is 0.493 e. The molecular formula is C24H28N2O5S. The Morgan fingerprint density at radius 3 is 2.72 bits per heavy atom. The Labute approximate surface area is 192 Å². The Balaban J connectivity index is 1.82. The van der Waals surface area contributed by atoms with Crippen molar-refractivity contribution in [3.8, 4) is 11.5 Å². The number of hydrogen-bond donors (Lipinski definition) is 0. The van der Waals surface area contributed by atoms with Gasteiger partial charge in [-0.15, -0.1) is 0 Å². The van der Waals surface area contributed by atoms with Crippen LogP contribution in [0.25, 0.3) is 6.08 Å². The number of para-hydroxylation sites is 1. The predicted octanol–water partition coefficient (Wildman–Crippen LogP) is 6.22. The fourth-order valence-corrected chi connectivity index (χ4v) is 5.52. The standard InChI is InChI=1S/C24H28N2O5S/c1-4-6-7-10-13-25-19-11-8-9-12-21(19)32-24(25)22(30-5-2)15-17-14-18(26(27)28)16-20(29-3)23(17)31-24/h8-9,11-12,14-16H,4-7,10,13H2,1-3H3. The van der Waals surface area contributed by atoms with Crippen molar-refractivity contribution in [2.24, 2.45) is 0 Å². The van der Waals surface area contributed by atoms with E-state index in [1.807, 2.05) is 25.1 Å². The molecule has 1 spiro atoms. The van der Waals surface area contributed by atoms with Crippen molar-refractivity contribution < 1.29 is 19.1 Å². The molecular weight excluding hydrogens is 428 g/mol. The summed E-state index contributed by atoms with van der Waals surface area (Å²) < 4.78 is 18.3. The van der Waals surface area contributed by atoms with Gasteiger partial charge in [-0.05, 0) is 43.3 Å². The normalized spacial score (nSPS) is 18.6. The molecule has 170 valence electrons. The second-order valence-electron chi connectivity index (χ2n) is 7.73. The first-order chi connectivity index (χ1) is 15.5. The van der Waals surface area contributed by atoms with E-state index in [0.717, 1.165) is 30.0 Å². The summed E-state index contributed by atoms with van der Waals surface area (Å²) in [5.41, 5.74) is 1.63. The van der Waals surface area contributed by atoms with Gasteiger partial charge in [0.15, 0.2) is 17.3 Å². The molecule has 2 aliphatic rings. The van der Waals surface area contributed by atoms with Crippen molar-refractivity contribution in [3.63, 3.8) is 0 Å². The van der Waals surface area contributed by atoms with Gasteiger partial charge in [-0.1, -0.05) is 38.3 Å². The number of unbranched alkanes of at least 4 members (excludes halogenated alkanes) is 3. The van der Waals surface area contributed by atoms with Crippen LogP contribution in [-0.2, 0) is 4.74 Å². The molecule has 32 heavy (non-hydrogen) atoms. The number of methoxy groups -OCH3 is 1. The van der Waals surface area contributed by atoms with E-state index in [9.17, 15) is 10.1 Å². The van der Waals surface area contributed by atoms with Gasteiger partial charge in [0, 0.05) is 23.1 Å². The van der Waals surface area contributed by atoms with Gasteiger partial charge in [0.1, 0.15) is 0 Å². The van der Waals surface area contributed by atoms with Gasteiger partial charge in [-0.2, -0.15) is 0 Å². The van der Waals surface area contributed by atoms with Gasteiger partial charge >= 0.3 is 0 Å². The minimum Gasteiger partial charge on any atom is -0.493 e. The molecule has 8 heteroatoms. The molecule has 0 N–H and O–H groups in total. The Morgan fingerprint density at radius 2 is 2.00 bits per heavy atom. The molecule has 7 nitrogen and oxygen atoms in total. The molecule has 0 aromatic heterocycles. The molecule has 1 atom stereocenters. The highest BCUT2D eigenvalue weighted by molar-refractivity contribution is 8.01. The van der Waals surface area contributed by atoms with E-state index < -0.39 is 9.98 Å². The highest BCUT2D eigenvalue weighted by Crippen LogP contribution is 2.58. The number of ether oxygens (including phenoxy) is 3. The first kappa shape index (κ1) is 22.3. The first-order valence-corrected chi connectivity index (χ1v) is 11.8. The minimum atomic E-state index is -0.928. The van der Waals surface area contributed by atoms with E-state index in [1.165, 1.54) is 32.1 Å². The SMILES string of the molecule is CCCCCCN1c2ccccc2SC12Oc1c(cc([N+](=O)[O-])cc1OC)C=C2OCC. The van der Waals surface area contributed by atoms with Crippen molar-refractivity contribution in [1.82, 2.24) is 0 Å². The number of fused-ring (bicyclic) bond motifs is 2. The molecule has 0 bridgehead atoms. The van der Waals surface area contributed by atoms with Crippen LogP contribution in [0, 0.1) is 10.1 Å². The lowest BCUT2D eigenvalue weighted by Gasteiger charge is -2.42. The molecule has 1 unspecified atom stereocenters. The number of nitro groups is 1. The summed E-state index contributed by atoms with van der Waals surface area (Å²) in [6.07, 6.45) is 6.37. The van der Waals surface area contributed by atoms with Gasteiger partial charge in [-0.3, -0.25) is 10.1 Å². The van der Waals surface area contributed by atoms with E-state index in [-0.39, 0.29) is 5.69 Å². The van der Waals surface area contributed by atoms with E-state index in [1.54, 1.807) is 11.8 Å². The molecule has 0 radical (unpaired) electrons. The maximum absolute atomic E-state index is 11.4. The molecule has 0 aliphatic carbocycles. The topological polar surface area (TPSA) is 74.1 Å². The molecule has 4 rings (SSSR count). The maximum atomic E-state index is 11.4. The lowest BCUT2D eigenvalue weighted by atomic mass is 10.1. The summed E-state index contributed by atoms with van der Waals surface area (Å²) in [4.78, 5) is 14.4. The van der Waals surface area contributed by atoms with Crippen LogP contribution in [0.3, 0.4) is 0 Å². The average molecular weight is 457 g/mol. The summed E-state index contributed by atoms with van der Waals surface area (Å²) in [7, 11) is 1.50. The summed E-state index contributed by atoms with van der Waals surface area (Å²) in [5, 5.41) is 10.5. The summed E-state index contributed by atoms with van der Waals surface area (Å²) >= 11 is 1.59. The molecule has 2 heterocycles. The lowest BCUT2D eigenvalue weighted by Crippen LogP contribution is -2.52. The van der Waals surface area contributed by atoms with E-state index in [0.29, 0.717) is 29.4 Å². The zero-order valence-corrected chi connectivity index (χ0v) is 19.4. The van der Waals surface area contributed by atoms with E-state index in [4.69, 9.17) is 14.2 Å². The Hall–Kier alpha value is -2.87. The monoisotopic (exact) mass is 456 g/mol. The molecule has 0 saturated carbocycles. The number of hydrogen-bond acceptors (Lipinski definition) is 7. The number of non-ortho nitro benzene ring substituents is 1. The Bertz CT molecular complexity index is 1040. The zero-order chi connectivity index (χ0) is 22.7. The molecule has 0 saturated heterocycles. The van der Waals surface area contributed by atoms with Crippen LogP contribution in [-0.4, -0.2) is 30.2 Å². The molecule has 2 aromatic carbocycles. The fraction of sp³-hybridized carbons (Fsp3) is 0.417. The third-order valence-electron chi connectivity index (χ3n) is 5.63. The summed E-state index contributed by atoms with van der Waals surface area (Å²) in [5.74, 6) is 1.45. The van der Waals surface area contributed by atoms with Crippen LogP contribution in [0.15, 0.2) is 47.1 Å². The van der Waals surface area contributed by atoms with Gasteiger partial charge in [-0.25, -0.2) is 0 Å². The van der Waals surface area contributed by atoms with Crippen LogP contribution < -0.4 is 14.4 Å². The van der Waals surface area contributed by atoms with Crippen molar-refractivity contribution >= 4 is 29.2 Å². The second-order valence-corrected chi connectivity index (χ2v) is 8.93. The van der Waals surface area contributed by atoms with Gasteiger partial charge in [0.05, 0.1) is 30.4 Å². The minimum absolute atomic E-state index is 0.0500. The predicted molar refractivity (Wildman–Crippen MR) is 126 cm³/mol. The van der Waals surface area contributed by atoms with Crippen molar-refractivity contribution in [2.75, 3.05) is 25.2 Å². The van der Waals surface area contributed by atoms with Crippen molar-refractivity contribution in [1.29, 1.82) is 0 Å². The second kappa shape index (κ2) is 9.32. The number of thioether (sulfide) groups is 1. The number of nitro benzene ring substituents is 1. The molecule has 0 fully saturated rings. The lowest BCUT2D eigenvalue weighted by molar-refractivity contribution is -0.385. The van der Waals surface area contributed by atoms with Gasteiger partial charge in [0.2, 0.25) is 0 Å². The Morgan fingerprint density at radius 1 is 1.19 bits per heavy atom.